The van der Waals surface area contributed by atoms with Gasteiger partial charge in [-0.25, -0.2) is 0 Å². The molecular formula is C33H49N3O4. The van der Waals surface area contributed by atoms with Crippen LogP contribution in [0.5, 0.6) is 0 Å². The number of terminal acetylenes is 1. The smallest absolute Gasteiger partial charge is 0.254 e. The number of aliphatic hydroxyl groups is 2. The number of carbonyl (C=O) groups excluding carboxylic acids is 2. The molecule has 2 fully saturated rings. The number of carbonyl (C=O) groups is 2. The van der Waals surface area contributed by atoms with E-state index in [0.29, 0.717) is 24.5 Å². The summed E-state index contributed by atoms with van der Waals surface area (Å²) in [5, 5.41) is 21.2. The third-order valence-electron chi connectivity index (χ3n) is 7.18. The van der Waals surface area contributed by atoms with E-state index in [1.54, 1.807) is 0 Å². The largest absolute Gasteiger partial charge is 0.390 e. The summed E-state index contributed by atoms with van der Waals surface area (Å²) in [6.45, 7) is 12.5. The molecule has 1 aliphatic heterocycles. The Balaban J connectivity index is 0.000000329. The Hall–Kier alpha value is -3.34. The van der Waals surface area contributed by atoms with Gasteiger partial charge in [-0.2, -0.15) is 0 Å². The van der Waals surface area contributed by atoms with Gasteiger partial charge in [0.2, 0.25) is 6.41 Å². The molecule has 2 aliphatic rings. The van der Waals surface area contributed by atoms with Crippen LogP contribution in [0.4, 0.5) is 5.69 Å². The molecule has 2 amide bonds. The molecule has 1 unspecified atom stereocenters. The molecule has 1 spiro atoms. The van der Waals surface area contributed by atoms with Gasteiger partial charge in [0.25, 0.3) is 5.91 Å². The number of nitrogens with zero attached hydrogens (tertiary/aromatic N) is 2. The average Bonchev–Trinajstić information content (AvgIpc) is 3.68. The lowest BCUT2D eigenvalue weighted by atomic mass is 9.92. The van der Waals surface area contributed by atoms with E-state index in [1.807, 2.05) is 82.3 Å². The van der Waals surface area contributed by atoms with Crippen LogP contribution in [0.25, 0.3) is 0 Å². The highest BCUT2D eigenvalue weighted by Crippen LogP contribution is 2.54. The zero-order chi connectivity index (χ0) is 30.0. The molecule has 3 atom stereocenters. The van der Waals surface area contributed by atoms with Gasteiger partial charge in [0.1, 0.15) is 0 Å². The average molecular weight is 552 g/mol. The Morgan fingerprint density at radius 3 is 2.10 bits per heavy atom. The Morgan fingerprint density at radius 1 is 1.10 bits per heavy atom. The maximum Gasteiger partial charge on any atom is 0.254 e. The van der Waals surface area contributed by atoms with E-state index < -0.39 is 12.2 Å². The van der Waals surface area contributed by atoms with E-state index in [2.05, 4.69) is 22.2 Å². The number of rotatable bonds is 8. The van der Waals surface area contributed by atoms with Gasteiger partial charge >= 0.3 is 0 Å². The molecule has 0 bridgehead atoms. The van der Waals surface area contributed by atoms with Crippen LogP contribution < -0.4 is 10.2 Å². The Labute approximate surface area is 241 Å². The molecule has 0 radical (unpaired) electrons. The monoisotopic (exact) mass is 551 g/mol. The minimum Gasteiger partial charge on any atom is -0.390 e. The van der Waals surface area contributed by atoms with Crippen LogP contribution in [0.3, 0.4) is 0 Å². The molecule has 7 nitrogen and oxygen atoms in total. The highest BCUT2D eigenvalue weighted by atomic mass is 16.3. The first kappa shape index (κ1) is 34.7. The number of hydrogen-bond donors (Lipinski definition) is 3. The summed E-state index contributed by atoms with van der Waals surface area (Å²) < 4.78 is 0. The lowest BCUT2D eigenvalue weighted by Gasteiger charge is -2.35. The standard InChI is InChI=1S/C16H18N2O.C9H19NO3.C6H6.C2H6/c1-2-13-5-3-4-6-14(13)18-9-7-16(8-10-18)11-15(16)17-12-19;1-4-6-10(5-2)9(13)8(12)7(3)11;1-2-4-6-5-3-1;1-2/h1,3-6,12,15H,7-11H2,(H,17,19);7-8,11-12H,4-6H2,1-3H3;1-6H;1-2H3/t;7-,8+;;/m.0../s1. The molecule has 40 heavy (non-hydrogen) atoms. The van der Waals surface area contributed by atoms with E-state index in [0.717, 1.165) is 50.7 Å². The molecule has 1 heterocycles. The predicted molar refractivity (Wildman–Crippen MR) is 164 cm³/mol. The zero-order valence-corrected chi connectivity index (χ0v) is 24.9. The minimum atomic E-state index is -1.29. The lowest BCUT2D eigenvalue weighted by molar-refractivity contribution is -0.145. The number of hydrogen-bond acceptors (Lipinski definition) is 5. The fourth-order valence-electron chi connectivity index (χ4n) is 4.75. The second-order valence-corrected chi connectivity index (χ2v) is 9.81. The minimum absolute atomic E-state index is 0.364. The molecule has 7 heteroatoms. The Morgan fingerprint density at radius 2 is 1.65 bits per heavy atom. The maximum absolute atomic E-state index is 11.4. The Bertz CT molecular complexity index is 987. The normalized spacial score (nSPS) is 17.6. The first-order chi connectivity index (χ1) is 19.3. The van der Waals surface area contributed by atoms with Crippen LogP contribution in [0.1, 0.15) is 65.9 Å². The van der Waals surface area contributed by atoms with E-state index in [1.165, 1.54) is 17.5 Å². The summed E-state index contributed by atoms with van der Waals surface area (Å²) in [4.78, 5) is 25.8. The van der Waals surface area contributed by atoms with Crippen LogP contribution in [-0.2, 0) is 9.59 Å². The van der Waals surface area contributed by atoms with E-state index >= 15 is 0 Å². The molecule has 1 saturated heterocycles. The van der Waals surface area contributed by atoms with E-state index in [9.17, 15) is 14.7 Å². The van der Waals surface area contributed by atoms with Crippen LogP contribution in [0.15, 0.2) is 60.7 Å². The second kappa shape index (κ2) is 18.9. The van der Waals surface area contributed by atoms with Crippen molar-refractivity contribution in [2.75, 3.05) is 31.1 Å². The number of nitrogens with one attached hydrogen (secondary N) is 1. The molecule has 1 saturated carbocycles. The number of aliphatic hydroxyl groups excluding tert-OH is 2. The van der Waals surface area contributed by atoms with Gasteiger partial charge in [-0.15, -0.1) is 6.42 Å². The van der Waals surface area contributed by atoms with Gasteiger partial charge in [0.15, 0.2) is 6.10 Å². The summed E-state index contributed by atoms with van der Waals surface area (Å²) in [6, 6.07) is 20.5. The summed E-state index contributed by atoms with van der Waals surface area (Å²) in [7, 11) is 0. The third-order valence-corrected chi connectivity index (χ3v) is 7.18. The second-order valence-electron chi connectivity index (χ2n) is 9.81. The van der Waals surface area contributed by atoms with Gasteiger partial charge in [-0.05, 0) is 57.1 Å². The fraction of sp³-hybridized carbons (Fsp3) is 0.515. The van der Waals surface area contributed by atoms with E-state index in [-0.39, 0.29) is 5.91 Å². The number of likely N-dealkylation sites (N-methyl/N-ethyl adjacent to an activating group) is 1. The van der Waals surface area contributed by atoms with Crippen molar-refractivity contribution in [1.82, 2.24) is 10.2 Å². The van der Waals surface area contributed by atoms with Crippen molar-refractivity contribution < 1.29 is 19.8 Å². The molecule has 0 aromatic heterocycles. The molecule has 3 N–H and O–H groups in total. The fourth-order valence-corrected chi connectivity index (χ4v) is 4.75. The van der Waals surface area contributed by atoms with Crippen molar-refractivity contribution in [3.8, 4) is 12.3 Å². The molecule has 1 aliphatic carbocycles. The molecule has 4 rings (SSSR count). The van der Waals surface area contributed by atoms with Gasteiger partial charge in [-0.1, -0.05) is 75.2 Å². The molecule has 2 aromatic rings. The number of benzene rings is 2. The van der Waals surface area contributed by atoms with Crippen LogP contribution in [0.2, 0.25) is 0 Å². The van der Waals surface area contributed by atoms with Crippen molar-refractivity contribution in [1.29, 1.82) is 0 Å². The summed E-state index contributed by atoms with van der Waals surface area (Å²) in [6.07, 6.45) is 8.37. The van der Waals surface area contributed by atoms with Gasteiger partial charge in [0, 0.05) is 37.8 Å². The van der Waals surface area contributed by atoms with Gasteiger partial charge < -0.3 is 25.3 Å². The number of anilines is 1. The maximum atomic E-state index is 11.4. The van der Waals surface area contributed by atoms with Crippen LogP contribution in [0, 0.1) is 17.8 Å². The molecular weight excluding hydrogens is 502 g/mol. The summed E-state index contributed by atoms with van der Waals surface area (Å²) in [5.74, 6) is 2.37. The van der Waals surface area contributed by atoms with Crippen LogP contribution in [-0.4, -0.2) is 71.9 Å². The van der Waals surface area contributed by atoms with Gasteiger partial charge in [-0.3, -0.25) is 9.59 Å². The topological polar surface area (TPSA) is 93.1 Å². The summed E-state index contributed by atoms with van der Waals surface area (Å²) in [5.41, 5.74) is 2.50. The first-order valence-electron chi connectivity index (χ1n) is 14.5. The molecule has 2 aromatic carbocycles. The first-order valence-corrected chi connectivity index (χ1v) is 14.5. The quantitative estimate of drug-likeness (QED) is 0.333. The van der Waals surface area contributed by atoms with Crippen molar-refractivity contribution in [2.45, 2.75) is 78.6 Å². The predicted octanol–water partition coefficient (Wildman–Crippen LogP) is 4.47. The SMILES string of the molecule is C#Cc1ccccc1N1CCC2(CC1)CC2NC=O.CC.CCCN(CC)C(=O)[C@H](O)[C@H](C)O.c1ccccc1. The number of piperidine rings is 1. The van der Waals surface area contributed by atoms with E-state index in [4.69, 9.17) is 11.5 Å². The van der Waals surface area contributed by atoms with Crippen LogP contribution >= 0.6 is 0 Å². The highest BCUT2D eigenvalue weighted by Gasteiger charge is 2.54. The Kier molecular flexibility index (Phi) is 16.4. The van der Waals surface area contributed by atoms with Crippen molar-refractivity contribution in [3.63, 3.8) is 0 Å². The molecule has 220 valence electrons. The third kappa shape index (κ3) is 10.7. The zero-order valence-electron chi connectivity index (χ0n) is 24.9. The summed E-state index contributed by atoms with van der Waals surface area (Å²) >= 11 is 0. The van der Waals surface area contributed by atoms with Crippen molar-refractivity contribution in [3.05, 3.63) is 66.2 Å². The number of para-hydroxylation sites is 1. The van der Waals surface area contributed by atoms with Crippen molar-refractivity contribution in [2.24, 2.45) is 5.41 Å². The lowest BCUT2D eigenvalue weighted by Crippen LogP contribution is -2.44. The van der Waals surface area contributed by atoms with Crippen molar-refractivity contribution >= 4 is 18.0 Å². The highest BCUT2D eigenvalue weighted by molar-refractivity contribution is 5.81. The van der Waals surface area contributed by atoms with Gasteiger partial charge in [0.05, 0.1) is 11.8 Å². The number of amides is 2.